The molecule has 0 aliphatic carbocycles. The molecule has 1 aromatic heterocycles. The third-order valence-corrected chi connectivity index (χ3v) is 6.18. The van der Waals surface area contributed by atoms with Crippen LogP contribution < -0.4 is 10.3 Å². The maximum Gasteiger partial charge on any atom is 0.416 e. The number of benzene rings is 3. The normalized spacial score (nSPS) is 12.3. The van der Waals surface area contributed by atoms with Gasteiger partial charge in [-0.05, 0) is 67.4 Å². The monoisotopic (exact) mass is 539 g/mol. The molecule has 202 valence electrons. The Labute approximate surface area is 220 Å². The lowest BCUT2D eigenvalue weighted by Gasteiger charge is -2.13. The number of carbonyl (C=O) groups excluding carboxylic acids is 1. The fraction of sp³-hybridized carbons (Fsp3) is 0.250. The molecule has 0 saturated heterocycles. The zero-order valence-corrected chi connectivity index (χ0v) is 20.8. The maximum absolute atomic E-state index is 12.9. The number of alkyl halides is 3. The number of aryl methyl sites for hydroxylation is 2. The van der Waals surface area contributed by atoms with Gasteiger partial charge in [0, 0.05) is 18.5 Å². The summed E-state index contributed by atoms with van der Waals surface area (Å²) in [5, 5.41) is 17.9. The van der Waals surface area contributed by atoms with Gasteiger partial charge >= 0.3 is 12.1 Å². The summed E-state index contributed by atoms with van der Waals surface area (Å²) in [6, 6.07) is 15.9. The third kappa shape index (κ3) is 6.86. The van der Waals surface area contributed by atoms with Crippen LogP contribution in [0, 0.1) is 12.8 Å². The van der Waals surface area contributed by atoms with Crippen molar-refractivity contribution >= 4 is 22.7 Å². The van der Waals surface area contributed by atoms with Crippen molar-refractivity contribution < 1.29 is 32.6 Å². The number of fused-ring (bicyclic) bond motifs is 1. The number of ketones is 1. The van der Waals surface area contributed by atoms with Crippen LogP contribution in [0.5, 0.6) is 5.75 Å². The van der Waals surface area contributed by atoms with E-state index in [0.29, 0.717) is 22.2 Å². The van der Waals surface area contributed by atoms with Crippen LogP contribution in [0.2, 0.25) is 0 Å². The molecule has 1 heterocycles. The van der Waals surface area contributed by atoms with E-state index in [4.69, 9.17) is 4.74 Å². The van der Waals surface area contributed by atoms with E-state index in [1.165, 1.54) is 36.4 Å². The molecule has 1 N–H and O–H groups in total. The predicted octanol–water partition coefficient (Wildman–Crippen LogP) is 5.06. The lowest BCUT2D eigenvalue weighted by Crippen LogP contribution is -2.27. The molecule has 11 heteroatoms. The number of carboxylic acids is 1. The largest absolute Gasteiger partial charge is 0.489 e. The third-order valence-electron chi connectivity index (χ3n) is 6.18. The van der Waals surface area contributed by atoms with Gasteiger partial charge in [-0.2, -0.15) is 13.2 Å². The Hall–Kier alpha value is -4.54. The Morgan fingerprint density at radius 2 is 1.79 bits per heavy atom. The van der Waals surface area contributed by atoms with Gasteiger partial charge in [-0.15, -0.1) is 5.10 Å². The molecule has 0 unspecified atom stereocenters. The summed E-state index contributed by atoms with van der Waals surface area (Å²) in [6.45, 7) is 1.71. The molecule has 8 nitrogen and oxygen atoms in total. The minimum Gasteiger partial charge on any atom is -0.489 e. The first-order valence-corrected chi connectivity index (χ1v) is 12.0. The summed E-state index contributed by atoms with van der Waals surface area (Å²) in [6.07, 6.45) is -4.76. The number of ether oxygens (including phenoxy) is 1. The van der Waals surface area contributed by atoms with Crippen molar-refractivity contribution in [3.05, 3.63) is 99.3 Å². The van der Waals surface area contributed by atoms with Crippen molar-refractivity contribution in [2.24, 2.45) is 5.92 Å². The molecular formula is C28H24F3N3O5. The number of hydrogen-bond acceptors (Lipinski definition) is 6. The van der Waals surface area contributed by atoms with E-state index in [2.05, 4.69) is 10.3 Å². The molecule has 0 aliphatic heterocycles. The number of halogens is 3. The lowest BCUT2D eigenvalue weighted by molar-refractivity contribution is -0.142. The SMILES string of the molecule is Cc1ccc2nnn(CC[C@@H](CC(=O)c3ccc(OCc4cccc(C(F)(F)F)c4)cc3)C(=O)O)c(=O)c2c1. The predicted molar refractivity (Wildman–Crippen MR) is 135 cm³/mol. The average Bonchev–Trinajstić information content (AvgIpc) is 2.91. The first-order chi connectivity index (χ1) is 18.5. The molecule has 4 aromatic rings. The van der Waals surface area contributed by atoms with Crippen LogP contribution in [0.4, 0.5) is 13.2 Å². The molecule has 0 spiro atoms. The Bertz CT molecular complexity index is 1570. The van der Waals surface area contributed by atoms with E-state index in [1.54, 1.807) is 12.1 Å². The van der Waals surface area contributed by atoms with Crippen LogP contribution >= 0.6 is 0 Å². The van der Waals surface area contributed by atoms with Crippen LogP contribution in [0.25, 0.3) is 10.9 Å². The second-order valence-corrected chi connectivity index (χ2v) is 9.10. The molecule has 3 aromatic carbocycles. The van der Waals surface area contributed by atoms with Crippen LogP contribution in [0.15, 0.2) is 71.5 Å². The highest BCUT2D eigenvalue weighted by atomic mass is 19.4. The van der Waals surface area contributed by atoms with Crippen molar-refractivity contribution in [3.8, 4) is 5.75 Å². The van der Waals surface area contributed by atoms with Crippen LogP contribution in [0.1, 0.15) is 39.9 Å². The fourth-order valence-electron chi connectivity index (χ4n) is 4.01. The number of aliphatic carboxylic acids is 1. The van der Waals surface area contributed by atoms with Crippen molar-refractivity contribution in [1.29, 1.82) is 0 Å². The topological polar surface area (TPSA) is 111 Å². The lowest BCUT2D eigenvalue weighted by atomic mass is 9.95. The summed E-state index contributed by atoms with van der Waals surface area (Å²) in [5.74, 6) is -2.32. The average molecular weight is 540 g/mol. The zero-order chi connectivity index (χ0) is 28.2. The minimum atomic E-state index is -4.45. The van der Waals surface area contributed by atoms with Gasteiger partial charge in [0.2, 0.25) is 0 Å². The number of nitrogens with zero attached hydrogens (tertiary/aromatic N) is 3. The number of carbonyl (C=O) groups is 2. The van der Waals surface area contributed by atoms with E-state index >= 15 is 0 Å². The molecular weight excluding hydrogens is 515 g/mol. The van der Waals surface area contributed by atoms with E-state index in [9.17, 15) is 32.7 Å². The molecule has 0 amide bonds. The van der Waals surface area contributed by atoms with Gasteiger partial charge in [0.25, 0.3) is 5.56 Å². The Kier molecular flexibility index (Phi) is 8.08. The molecule has 0 aliphatic rings. The molecule has 0 bridgehead atoms. The number of aromatic nitrogens is 3. The van der Waals surface area contributed by atoms with Gasteiger partial charge in [0.1, 0.15) is 17.9 Å². The summed E-state index contributed by atoms with van der Waals surface area (Å²) >= 11 is 0. The highest BCUT2D eigenvalue weighted by Crippen LogP contribution is 2.30. The zero-order valence-electron chi connectivity index (χ0n) is 20.8. The highest BCUT2D eigenvalue weighted by molar-refractivity contribution is 5.98. The molecule has 0 saturated carbocycles. The van der Waals surface area contributed by atoms with Gasteiger partial charge in [-0.25, -0.2) is 4.68 Å². The van der Waals surface area contributed by atoms with Gasteiger partial charge in [0.05, 0.1) is 16.9 Å². The van der Waals surface area contributed by atoms with Crippen LogP contribution in [-0.4, -0.2) is 31.9 Å². The summed E-state index contributed by atoms with van der Waals surface area (Å²) in [5.41, 5.74) is 0.741. The second kappa shape index (κ2) is 11.5. The maximum atomic E-state index is 12.9. The number of rotatable bonds is 10. The Morgan fingerprint density at radius 3 is 2.49 bits per heavy atom. The van der Waals surface area contributed by atoms with Crippen molar-refractivity contribution in [3.63, 3.8) is 0 Å². The van der Waals surface area contributed by atoms with E-state index in [0.717, 1.165) is 22.4 Å². The summed E-state index contributed by atoms with van der Waals surface area (Å²) in [4.78, 5) is 37.3. The Morgan fingerprint density at radius 1 is 1.05 bits per heavy atom. The molecule has 1 atom stereocenters. The number of carboxylic acid groups (broad SMARTS) is 1. The van der Waals surface area contributed by atoms with Crippen LogP contribution in [-0.2, 0) is 24.1 Å². The van der Waals surface area contributed by atoms with Gasteiger partial charge in [-0.1, -0.05) is 29.0 Å². The van der Waals surface area contributed by atoms with Crippen molar-refractivity contribution in [1.82, 2.24) is 15.0 Å². The van der Waals surface area contributed by atoms with Gasteiger partial charge < -0.3 is 9.84 Å². The standard InChI is InChI=1S/C28H24F3N3O5/c1-17-5-10-24-23(13-17)26(36)34(33-32-24)12-11-20(27(37)38)15-25(35)19-6-8-22(9-7-19)39-16-18-3-2-4-21(14-18)28(29,30)31/h2-10,13-14,20H,11-12,15-16H2,1H3,(H,37,38)/t20-/m0/s1. The minimum absolute atomic E-state index is 0.00876. The molecule has 0 radical (unpaired) electrons. The highest BCUT2D eigenvalue weighted by Gasteiger charge is 2.30. The number of hydrogen-bond donors (Lipinski definition) is 1. The van der Waals surface area contributed by atoms with Crippen molar-refractivity contribution in [2.75, 3.05) is 0 Å². The summed E-state index contributed by atoms with van der Waals surface area (Å²) in [7, 11) is 0. The smallest absolute Gasteiger partial charge is 0.416 e. The van der Waals surface area contributed by atoms with Gasteiger partial charge in [0.15, 0.2) is 5.78 Å². The molecule has 0 fully saturated rings. The Balaban J connectivity index is 1.36. The number of Topliss-reactive ketones (excluding diaryl/α,β-unsaturated/α-hetero) is 1. The summed E-state index contributed by atoms with van der Waals surface area (Å²) < 4.78 is 45.3. The van der Waals surface area contributed by atoms with E-state index in [-0.39, 0.29) is 37.1 Å². The molecule has 39 heavy (non-hydrogen) atoms. The van der Waals surface area contributed by atoms with Crippen molar-refractivity contribution in [2.45, 2.75) is 39.1 Å². The first kappa shape index (κ1) is 27.5. The fourth-order valence-corrected chi connectivity index (χ4v) is 4.01. The van der Waals surface area contributed by atoms with E-state index in [1.807, 2.05) is 13.0 Å². The molecule has 4 rings (SSSR count). The van der Waals surface area contributed by atoms with Crippen LogP contribution in [0.3, 0.4) is 0 Å². The first-order valence-electron chi connectivity index (χ1n) is 12.0. The quantitative estimate of drug-likeness (QED) is 0.280. The van der Waals surface area contributed by atoms with Gasteiger partial charge in [-0.3, -0.25) is 14.4 Å². The van der Waals surface area contributed by atoms with E-state index < -0.39 is 29.4 Å². The second-order valence-electron chi connectivity index (χ2n) is 9.10.